The van der Waals surface area contributed by atoms with Gasteiger partial charge >= 0.3 is 23.9 Å². The summed E-state index contributed by atoms with van der Waals surface area (Å²) in [6.45, 7) is 7.00. The highest BCUT2D eigenvalue weighted by Crippen LogP contribution is 2.33. The monoisotopic (exact) mass is 530 g/mol. The summed E-state index contributed by atoms with van der Waals surface area (Å²) in [7, 11) is 1.42. The lowest BCUT2D eigenvalue weighted by Crippen LogP contribution is -2.31. The summed E-state index contributed by atoms with van der Waals surface area (Å²) in [5.41, 5.74) is 0.999. The molecule has 0 radical (unpaired) electrons. The molecule has 0 unspecified atom stereocenters. The highest BCUT2D eigenvalue weighted by molar-refractivity contribution is 9.10. The van der Waals surface area contributed by atoms with Gasteiger partial charge in [0.2, 0.25) is 0 Å². The standard InChI is InChI=1S/C23H31BrO9/c1-6-30-20(25)17(21(26)31-7-2)12-14-10-16(24)11-15(19(14)29-5)13-18(22(27)32-8-3)23(28)33-9-4/h10-11,17-18H,6-9,12-13H2,1-5H3. The number of esters is 4. The van der Waals surface area contributed by atoms with Crippen LogP contribution in [0.4, 0.5) is 0 Å². The van der Waals surface area contributed by atoms with Crippen molar-refractivity contribution in [3.63, 3.8) is 0 Å². The Morgan fingerprint density at radius 1 is 0.697 bits per heavy atom. The van der Waals surface area contributed by atoms with Crippen LogP contribution in [0.25, 0.3) is 0 Å². The van der Waals surface area contributed by atoms with E-state index in [9.17, 15) is 19.2 Å². The molecule has 0 heterocycles. The summed E-state index contributed by atoms with van der Waals surface area (Å²) in [6, 6.07) is 3.38. The van der Waals surface area contributed by atoms with Crippen LogP contribution in [0.3, 0.4) is 0 Å². The van der Waals surface area contributed by atoms with E-state index in [1.165, 1.54) is 7.11 Å². The van der Waals surface area contributed by atoms with Gasteiger partial charge in [-0.3, -0.25) is 19.2 Å². The van der Waals surface area contributed by atoms with Crippen molar-refractivity contribution in [2.24, 2.45) is 11.8 Å². The quantitative estimate of drug-likeness (QED) is 0.215. The van der Waals surface area contributed by atoms with Gasteiger partial charge in [-0.1, -0.05) is 15.9 Å². The number of rotatable bonds is 13. The summed E-state index contributed by atoms with van der Waals surface area (Å²) < 4.78 is 26.3. The first-order chi connectivity index (χ1) is 15.7. The van der Waals surface area contributed by atoms with Crippen molar-refractivity contribution in [3.8, 4) is 5.75 Å². The SMILES string of the molecule is CCOC(=O)C(Cc1cc(Br)cc(CC(C(=O)OCC)C(=O)OCC)c1OC)C(=O)OCC. The van der Waals surface area contributed by atoms with E-state index in [1.54, 1.807) is 39.8 Å². The predicted molar refractivity (Wildman–Crippen MR) is 122 cm³/mol. The van der Waals surface area contributed by atoms with Crippen LogP contribution >= 0.6 is 15.9 Å². The third-order valence-electron chi connectivity index (χ3n) is 4.54. The molecule has 1 rings (SSSR count). The zero-order valence-electron chi connectivity index (χ0n) is 19.6. The summed E-state index contributed by atoms with van der Waals surface area (Å²) >= 11 is 3.41. The molecule has 0 aliphatic carbocycles. The number of benzene rings is 1. The van der Waals surface area contributed by atoms with Gasteiger partial charge in [0.15, 0.2) is 11.8 Å². The molecule has 1 aromatic carbocycles. The fourth-order valence-corrected chi connectivity index (χ4v) is 3.77. The van der Waals surface area contributed by atoms with Gasteiger partial charge in [-0.15, -0.1) is 0 Å². The number of carbonyl (C=O) groups is 4. The van der Waals surface area contributed by atoms with Gasteiger partial charge in [0.05, 0.1) is 33.5 Å². The smallest absolute Gasteiger partial charge is 0.320 e. The maximum atomic E-state index is 12.4. The van der Waals surface area contributed by atoms with Crippen LogP contribution in [0.2, 0.25) is 0 Å². The second-order valence-electron chi connectivity index (χ2n) is 6.78. The van der Waals surface area contributed by atoms with E-state index in [4.69, 9.17) is 23.7 Å². The molecule has 0 aromatic heterocycles. The molecule has 10 heteroatoms. The maximum absolute atomic E-state index is 12.4. The van der Waals surface area contributed by atoms with Gasteiger partial charge in [-0.2, -0.15) is 0 Å². The largest absolute Gasteiger partial charge is 0.496 e. The summed E-state index contributed by atoms with van der Waals surface area (Å²) in [6.07, 6.45) is -0.118. The second kappa shape index (κ2) is 14.5. The van der Waals surface area contributed by atoms with E-state index in [0.717, 1.165) is 0 Å². The number of hydrogen-bond donors (Lipinski definition) is 0. The van der Waals surface area contributed by atoms with Crippen LogP contribution in [0.5, 0.6) is 5.75 Å². The molecule has 1 aromatic rings. The third kappa shape index (κ3) is 8.34. The van der Waals surface area contributed by atoms with Crippen molar-refractivity contribution < 1.29 is 42.9 Å². The number of halogens is 1. The van der Waals surface area contributed by atoms with Crippen molar-refractivity contribution >= 4 is 39.8 Å². The number of carbonyl (C=O) groups excluding carboxylic acids is 4. The van der Waals surface area contributed by atoms with E-state index < -0.39 is 35.7 Å². The average molecular weight is 531 g/mol. The van der Waals surface area contributed by atoms with E-state index in [1.807, 2.05) is 0 Å². The van der Waals surface area contributed by atoms with E-state index in [-0.39, 0.29) is 39.3 Å². The van der Waals surface area contributed by atoms with Crippen LogP contribution < -0.4 is 4.74 Å². The second-order valence-corrected chi connectivity index (χ2v) is 7.69. The Hall–Kier alpha value is -2.62. The van der Waals surface area contributed by atoms with Gasteiger partial charge < -0.3 is 23.7 Å². The van der Waals surface area contributed by atoms with Gasteiger partial charge in [0, 0.05) is 17.3 Å². The highest BCUT2D eigenvalue weighted by atomic mass is 79.9. The molecule has 33 heavy (non-hydrogen) atoms. The molecular formula is C23H31BrO9. The fraction of sp³-hybridized carbons (Fsp3) is 0.565. The molecule has 0 aliphatic heterocycles. The minimum atomic E-state index is -1.20. The first kappa shape index (κ1) is 28.4. The van der Waals surface area contributed by atoms with Crippen molar-refractivity contribution in [1.82, 2.24) is 0 Å². The van der Waals surface area contributed by atoms with Crippen molar-refractivity contribution in [3.05, 3.63) is 27.7 Å². The summed E-state index contributed by atoms with van der Waals surface area (Å²) in [5, 5.41) is 0. The Bertz CT molecular complexity index is 738. The fourth-order valence-electron chi connectivity index (χ4n) is 3.21. The topological polar surface area (TPSA) is 114 Å². The van der Waals surface area contributed by atoms with Gasteiger partial charge in [0.25, 0.3) is 0 Å². The van der Waals surface area contributed by atoms with Crippen LogP contribution in [-0.2, 0) is 51.0 Å². The maximum Gasteiger partial charge on any atom is 0.320 e. The lowest BCUT2D eigenvalue weighted by atomic mass is 9.92. The predicted octanol–water partition coefficient (Wildman–Crippen LogP) is 3.03. The Labute approximate surface area is 202 Å². The van der Waals surface area contributed by atoms with E-state index in [0.29, 0.717) is 21.3 Å². The molecule has 0 N–H and O–H groups in total. The number of methoxy groups -OCH3 is 1. The van der Waals surface area contributed by atoms with Gasteiger partial charge in [-0.25, -0.2) is 0 Å². The van der Waals surface area contributed by atoms with E-state index >= 15 is 0 Å². The minimum absolute atomic E-state index is 0.0588. The zero-order valence-corrected chi connectivity index (χ0v) is 21.2. The first-order valence-corrected chi connectivity index (χ1v) is 11.5. The molecule has 0 atom stereocenters. The zero-order chi connectivity index (χ0) is 25.0. The number of ether oxygens (including phenoxy) is 5. The Balaban J connectivity index is 3.41. The Morgan fingerprint density at radius 3 is 1.24 bits per heavy atom. The van der Waals surface area contributed by atoms with Gasteiger partial charge in [0.1, 0.15) is 5.75 Å². The molecule has 0 fully saturated rings. The van der Waals surface area contributed by atoms with Crippen LogP contribution in [0, 0.1) is 11.8 Å². The molecular weight excluding hydrogens is 500 g/mol. The van der Waals surface area contributed by atoms with E-state index in [2.05, 4.69) is 15.9 Å². The molecule has 9 nitrogen and oxygen atoms in total. The van der Waals surface area contributed by atoms with Crippen molar-refractivity contribution in [2.45, 2.75) is 40.5 Å². The molecule has 0 bridgehead atoms. The van der Waals surface area contributed by atoms with Crippen LogP contribution in [0.1, 0.15) is 38.8 Å². The lowest BCUT2D eigenvalue weighted by Gasteiger charge is -2.20. The summed E-state index contributed by atoms with van der Waals surface area (Å²) in [5.74, 6) is -4.93. The average Bonchev–Trinajstić information content (AvgIpc) is 2.76. The molecule has 0 amide bonds. The van der Waals surface area contributed by atoms with Crippen LogP contribution in [-0.4, -0.2) is 57.4 Å². The van der Waals surface area contributed by atoms with Crippen LogP contribution in [0.15, 0.2) is 16.6 Å². The molecule has 0 aliphatic rings. The summed E-state index contributed by atoms with van der Waals surface area (Å²) in [4.78, 5) is 49.7. The van der Waals surface area contributed by atoms with Crippen molar-refractivity contribution in [1.29, 1.82) is 0 Å². The Kier molecular flexibility index (Phi) is 12.5. The van der Waals surface area contributed by atoms with Gasteiger partial charge in [-0.05, 0) is 51.0 Å². The number of hydrogen-bond acceptors (Lipinski definition) is 9. The molecule has 184 valence electrons. The molecule has 0 saturated carbocycles. The van der Waals surface area contributed by atoms with Crippen molar-refractivity contribution in [2.75, 3.05) is 33.5 Å². The molecule has 0 spiro atoms. The Morgan fingerprint density at radius 2 is 1.00 bits per heavy atom. The minimum Gasteiger partial charge on any atom is -0.496 e. The highest BCUT2D eigenvalue weighted by Gasteiger charge is 2.34. The first-order valence-electron chi connectivity index (χ1n) is 10.8. The molecule has 0 saturated heterocycles. The normalized spacial score (nSPS) is 10.7. The lowest BCUT2D eigenvalue weighted by molar-refractivity contribution is -0.163. The third-order valence-corrected chi connectivity index (χ3v) is 5.00.